The van der Waals surface area contributed by atoms with Crippen molar-refractivity contribution in [1.29, 1.82) is 0 Å². The lowest BCUT2D eigenvalue weighted by Gasteiger charge is -2.16. The van der Waals surface area contributed by atoms with Crippen LogP contribution in [0.2, 0.25) is 0 Å². The summed E-state index contributed by atoms with van der Waals surface area (Å²) in [5.41, 5.74) is 2.46. The standard InChI is InChI=1S/C13H19NO2/c1-4-11-5-7-12(8-6-11)9-14(2)13(15)10-16-3/h5-8H,4,9-10H2,1-3H3. The lowest BCUT2D eigenvalue weighted by atomic mass is 10.1. The lowest BCUT2D eigenvalue weighted by Crippen LogP contribution is -2.29. The van der Waals surface area contributed by atoms with Gasteiger partial charge in [0, 0.05) is 20.7 Å². The first-order valence-electron chi connectivity index (χ1n) is 5.48. The third-order valence-corrected chi connectivity index (χ3v) is 2.54. The minimum absolute atomic E-state index is 0.00191. The minimum atomic E-state index is 0.00191. The summed E-state index contributed by atoms with van der Waals surface area (Å²) in [5.74, 6) is 0.00191. The van der Waals surface area contributed by atoms with E-state index in [-0.39, 0.29) is 12.5 Å². The van der Waals surface area contributed by atoms with Crippen LogP contribution in [-0.4, -0.2) is 31.6 Å². The van der Waals surface area contributed by atoms with Crippen molar-refractivity contribution in [2.24, 2.45) is 0 Å². The highest BCUT2D eigenvalue weighted by Gasteiger charge is 2.08. The largest absolute Gasteiger partial charge is 0.375 e. The van der Waals surface area contributed by atoms with Crippen molar-refractivity contribution in [3.63, 3.8) is 0 Å². The fraction of sp³-hybridized carbons (Fsp3) is 0.462. The first-order valence-corrected chi connectivity index (χ1v) is 5.48. The van der Waals surface area contributed by atoms with Crippen molar-refractivity contribution in [2.45, 2.75) is 19.9 Å². The van der Waals surface area contributed by atoms with Gasteiger partial charge < -0.3 is 9.64 Å². The van der Waals surface area contributed by atoms with E-state index >= 15 is 0 Å². The molecule has 0 saturated carbocycles. The van der Waals surface area contributed by atoms with Crippen LogP contribution in [0.1, 0.15) is 18.1 Å². The number of ether oxygens (including phenoxy) is 1. The zero-order chi connectivity index (χ0) is 12.0. The molecular weight excluding hydrogens is 202 g/mol. The molecule has 3 nitrogen and oxygen atoms in total. The Labute approximate surface area is 97.0 Å². The van der Waals surface area contributed by atoms with Gasteiger partial charge in [-0.2, -0.15) is 0 Å². The summed E-state index contributed by atoms with van der Waals surface area (Å²) in [6.45, 7) is 2.90. The van der Waals surface area contributed by atoms with Gasteiger partial charge in [-0.1, -0.05) is 31.2 Å². The summed E-state index contributed by atoms with van der Waals surface area (Å²) >= 11 is 0. The number of hydrogen-bond acceptors (Lipinski definition) is 2. The molecule has 0 spiro atoms. The average molecular weight is 221 g/mol. The number of rotatable bonds is 5. The van der Waals surface area contributed by atoms with E-state index in [2.05, 4.69) is 31.2 Å². The van der Waals surface area contributed by atoms with E-state index in [9.17, 15) is 4.79 Å². The topological polar surface area (TPSA) is 29.5 Å². The second-order valence-electron chi connectivity index (χ2n) is 3.85. The van der Waals surface area contributed by atoms with Crippen molar-refractivity contribution in [3.05, 3.63) is 35.4 Å². The molecule has 1 rings (SSSR count). The number of carbonyl (C=O) groups excluding carboxylic acids is 1. The Morgan fingerprint density at radius 1 is 1.25 bits per heavy atom. The van der Waals surface area contributed by atoms with Gasteiger partial charge in [-0.25, -0.2) is 0 Å². The van der Waals surface area contributed by atoms with E-state index in [4.69, 9.17) is 4.74 Å². The fourth-order valence-corrected chi connectivity index (χ4v) is 1.48. The van der Waals surface area contributed by atoms with Gasteiger partial charge in [0.15, 0.2) is 0 Å². The average Bonchev–Trinajstić information content (AvgIpc) is 2.30. The third kappa shape index (κ3) is 3.66. The molecular formula is C13H19NO2. The van der Waals surface area contributed by atoms with Gasteiger partial charge in [-0.3, -0.25) is 4.79 Å². The third-order valence-electron chi connectivity index (χ3n) is 2.54. The fourth-order valence-electron chi connectivity index (χ4n) is 1.48. The van der Waals surface area contributed by atoms with E-state index in [0.717, 1.165) is 12.0 Å². The molecule has 0 saturated heterocycles. The maximum Gasteiger partial charge on any atom is 0.248 e. The number of likely N-dealkylation sites (N-methyl/N-ethyl adjacent to an activating group) is 1. The SMILES string of the molecule is CCc1ccc(CN(C)C(=O)COC)cc1. The van der Waals surface area contributed by atoms with Gasteiger partial charge >= 0.3 is 0 Å². The maximum atomic E-state index is 11.5. The molecule has 1 amide bonds. The highest BCUT2D eigenvalue weighted by Crippen LogP contribution is 2.07. The Bertz CT molecular complexity index is 332. The molecule has 16 heavy (non-hydrogen) atoms. The van der Waals surface area contributed by atoms with Gasteiger partial charge in [-0.15, -0.1) is 0 Å². The smallest absolute Gasteiger partial charge is 0.248 e. The predicted molar refractivity (Wildman–Crippen MR) is 64.2 cm³/mol. The first-order chi connectivity index (χ1) is 7.67. The van der Waals surface area contributed by atoms with Crippen LogP contribution in [0, 0.1) is 0 Å². The summed E-state index contributed by atoms with van der Waals surface area (Å²) < 4.78 is 4.81. The van der Waals surface area contributed by atoms with Crippen LogP contribution in [0.5, 0.6) is 0 Å². The molecule has 0 aliphatic rings. The van der Waals surface area contributed by atoms with Crippen molar-refractivity contribution in [3.8, 4) is 0 Å². The molecule has 0 aromatic heterocycles. The van der Waals surface area contributed by atoms with Crippen LogP contribution < -0.4 is 0 Å². The monoisotopic (exact) mass is 221 g/mol. The number of nitrogens with zero attached hydrogens (tertiary/aromatic N) is 1. The minimum Gasteiger partial charge on any atom is -0.375 e. The number of benzene rings is 1. The summed E-state index contributed by atoms with van der Waals surface area (Å²) in [6, 6.07) is 8.33. The van der Waals surface area contributed by atoms with Crippen molar-refractivity contribution < 1.29 is 9.53 Å². The Morgan fingerprint density at radius 2 is 1.81 bits per heavy atom. The summed E-state index contributed by atoms with van der Waals surface area (Å²) in [6.07, 6.45) is 1.04. The zero-order valence-electron chi connectivity index (χ0n) is 10.2. The molecule has 0 aliphatic carbocycles. The number of carbonyl (C=O) groups is 1. The van der Waals surface area contributed by atoms with Crippen LogP contribution in [-0.2, 0) is 22.5 Å². The molecule has 1 aromatic rings. The quantitative estimate of drug-likeness (QED) is 0.759. The van der Waals surface area contributed by atoms with Crippen molar-refractivity contribution in [1.82, 2.24) is 4.90 Å². The highest BCUT2D eigenvalue weighted by atomic mass is 16.5. The molecule has 88 valence electrons. The molecule has 0 unspecified atom stereocenters. The molecule has 0 bridgehead atoms. The summed E-state index contributed by atoms with van der Waals surface area (Å²) in [7, 11) is 3.32. The van der Waals surface area contributed by atoms with Gasteiger partial charge in [0.05, 0.1) is 0 Å². The van der Waals surface area contributed by atoms with Crippen molar-refractivity contribution >= 4 is 5.91 Å². The van der Waals surface area contributed by atoms with Gasteiger partial charge in [-0.05, 0) is 17.5 Å². The van der Waals surface area contributed by atoms with E-state index < -0.39 is 0 Å². The van der Waals surface area contributed by atoms with E-state index in [1.54, 1.807) is 11.9 Å². The second kappa shape index (κ2) is 6.28. The predicted octanol–water partition coefficient (Wildman–Crippen LogP) is 1.85. The first kappa shape index (κ1) is 12.7. The van der Waals surface area contributed by atoms with Gasteiger partial charge in [0.25, 0.3) is 0 Å². The lowest BCUT2D eigenvalue weighted by molar-refractivity contribution is -0.134. The van der Waals surface area contributed by atoms with Gasteiger partial charge in [0.2, 0.25) is 5.91 Å². The number of hydrogen-bond donors (Lipinski definition) is 0. The summed E-state index contributed by atoms with van der Waals surface area (Å²) in [4.78, 5) is 13.1. The van der Waals surface area contributed by atoms with Crippen LogP contribution in [0.15, 0.2) is 24.3 Å². The Hall–Kier alpha value is -1.35. The number of aryl methyl sites for hydroxylation is 1. The van der Waals surface area contributed by atoms with E-state index in [1.165, 1.54) is 12.7 Å². The molecule has 1 aromatic carbocycles. The maximum absolute atomic E-state index is 11.5. The van der Waals surface area contributed by atoms with E-state index in [0.29, 0.717) is 6.54 Å². The normalized spacial score (nSPS) is 10.2. The highest BCUT2D eigenvalue weighted by molar-refractivity contribution is 5.77. The molecule has 0 radical (unpaired) electrons. The molecule has 0 atom stereocenters. The molecule has 0 heterocycles. The molecule has 3 heteroatoms. The zero-order valence-corrected chi connectivity index (χ0v) is 10.2. The second-order valence-corrected chi connectivity index (χ2v) is 3.85. The summed E-state index contributed by atoms with van der Waals surface area (Å²) in [5, 5.41) is 0. The van der Waals surface area contributed by atoms with E-state index in [1.807, 2.05) is 0 Å². The van der Waals surface area contributed by atoms with Crippen LogP contribution in [0.3, 0.4) is 0 Å². The molecule has 0 fully saturated rings. The molecule has 0 N–H and O–H groups in total. The van der Waals surface area contributed by atoms with Crippen LogP contribution >= 0.6 is 0 Å². The number of amides is 1. The Balaban J connectivity index is 2.55. The molecule has 0 aliphatic heterocycles. The van der Waals surface area contributed by atoms with Gasteiger partial charge in [0.1, 0.15) is 6.61 Å². The van der Waals surface area contributed by atoms with Crippen LogP contribution in [0.4, 0.5) is 0 Å². The number of methoxy groups -OCH3 is 1. The Morgan fingerprint density at radius 3 is 2.31 bits per heavy atom. The Kier molecular flexibility index (Phi) is 4.99. The van der Waals surface area contributed by atoms with Crippen molar-refractivity contribution in [2.75, 3.05) is 20.8 Å². The van der Waals surface area contributed by atoms with Crippen LogP contribution in [0.25, 0.3) is 0 Å².